The van der Waals surface area contributed by atoms with Crippen molar-refractivity contribution in [3.05, 3.63) is 36.0 Å². The summed E-state index contributed by atoms with van der Waals surface area (Å²) < 4.78 is 2.25. The highest BCUT2D eigenvalue weighted by molar-refractivity contribution is 5.80. The van der Waals surface area contributed by atoms with Crippen molar-refractivity contribution in [1.82, 2.24) is 30.4 Å². The minimum Gasteiger partial charge on any atom is -0.357 e. The quantitative estimate of drug-likeness (QED) is 0.592. The van der Waals surface area contributed by atoms with E-state index in [1.54, 1.807) is 0 Å². The molecule has 2 aliphatic heterocycles. The third-order valence-electron chi connectivity index (χ3n) is 5.89. The normalized spacial score (nSPS) is 20.4. The van der Waals surface area contributed by atoms with Crippen molar-refractivity contribution >= 4 is 11.8 Å². The van der Waals surface area contributed by atoms with Crippen LogP contribution in [-0.4, -0.2) is 57.9 Å². The number of fused-ring (bicyclic) bond motifs is 1. The number of anilines is 1. The first kappa shape index (κ1) is 19.7. The Morgan fingerprint density at radius 2 is 2.07 bits per heavy atom. The number of aryl methyl sites for hydroxylation is 2. The molecule has 156 valence electrons. The van der Waals surface area contributed by atoms with Crippen molar-refractivity contribution in [2.24, 2.45) is 10.9 Å². The molecule has 0 bridgehead atoms. The van der Waals surface area contributed by atoms with Gasteiger partial charge in [0.25, 0.3) is 0 Å². The molecule has 8 nitrogen and oxygen atoms in total. The van der Waals surface area contributed by atoms with Gasteiger partial charge in [0.05, 0.1) is 0 Å². The molecule has 4 rings (SSSR count). The van der Waals surface area contributed by atoms with Crippen molar-refractivity contribution in [1.29, 1.82) is 0 Å². The van der Waals surface area contributed by atoms with Gasteiger partial charge in [-0.25, -0.2) is 4.98 Å². The minimum absolute atomic E-state index is 0.450. The van der Waals surface area contributed by atoms with Gasteiger partial charge >= 0.3 is 0 Å². The second-order valence-corrected chi connectivity index (χ2v) is 7.99. The van der Waals surface area contributed by atoms with Gasteiger partial charge in [0.1, 0.15) is 17.5 Å². The summed E-state index contributed by atoms with van der Waals surface area (Å²) in [5.41, 5.74) is 0. The molecule has 2 N–H and O–H groups in total. The van der Waals surface area contributed by atoms with Crippen LogP contribution in [0.3, 0.4) is 0 Å². The Bertz CT molecular complexity index is 807. The standard InChI is InChI=1S/C21H32N8/c1-3-22-21(24-14-17-7-8-20-27-26-16(2)29(20)15-17)25-18-9-12-28(13-10-18)19-6-4-5-11-23-19/h4-6,11,17-18H,3,7-10,12-15H2,1-2H3,(H2,22,24,25). The summed E-state index contributed by atoms with van der Waals surface area (Å²) in [6, 6.07) is 6.56. The molecule has 0 radical (unpaired) electrons. The first-order valence-electron chi connectivity index (χ1n) is 10.8. The molecule has 2 aromatic rings. The van der Waals surface area contributed by atoms with Crippen LogP contribution in [0.1, 0.15) is 37.8 Å². The molecule has 0 spiro atoms. The number of hydrogen-bond acceptors (Lipinski definition) is 5. The number of aliphatic imine (C=N–C) groups is 1. The Morgan fingerprint density at radius 3 is 2.83 bits per heavy atom. The zero-order chi connectivity index (χ0) is 20.1. The largest absolute Gasteiger partial charge is 0.357 e. The molecule has 1 fully saturated rings. The Labute approximate surface area is 172 Å². The Kier molecular flexibility index (Phi) is 6.27. The molecule has 1 atom stereocenters. The average Bonchev–Trinajstić information content (AvgIpc) is 3.13. The summed E-state index contributed by atoms with van der Waals surface area (Å²) in [5.74, 6) is 4.69. The molecule has 0 saturated carbocycles. The molecule has 1 saturated heterocycles. The molecular weight excluding hydrogens is 364 g/mol. The maximum atomic E-state index is 4.91. The van der Waals surface area contributed by atoms with E-state index in [2.05, 4.69) is 54.3 Å². The maximum absolute atomic E-state index is 4.91. The first-order valence-corrected chi connectivity index (χ1v) is 10.8. The Morgan fingerprint density at radius 1 is 1.21 bits per heavy atom. The van der Waals surface area contributed by atoms with E-state index in [0.717, 1.165) is 81.8 Å². The van der Waals surface area contributed by atoms with Crippen molar-refractivity contribution in [3.63, 3.8) is 0 Å². The van der Waals surface area contributed by atoms with E-state index in [1.807, 2.05) is 19.2 Å². The lowest BCUT2D eigenvalue weighted by molar-refractivity contribution is 0.369. The van der Waals surface area contributed by atoms with Gasteiger partial charge in [-0.2, -0.15) is 0 Å². The molecular formula is C21H32N8. The van der Waals surface area contributed by atoms with Gasteiger partial charge in [0.2, 0.25) is 0 Å². The monoisotopic (exact) mass is 396 g/mol. The SMILES string of the molecule is CCNC(=NCC1CCc2nnc(C)n2C1)NC1CCN(c2ccccn2)CC1. The first-order chi connectivity index (χ1) is 14.2. The van der Waals surface area contributed by atoms with Crippen molar-refractivity contribution < 1.29 is 0 Å². The average molecular weight is 397 g/mol. The van der Waals surface area contributed by atoms with Gasteiger partial charge in [-0.05, 0) is 51.2 Å². The van der Waals surface area contributed by atoms with E-state index in [1.165, 1.54) is 0 Å². The molecule has 1 unspecified atom stereocenters. The number of guanidine groups is 1. The van der Waals surface area contributed by atoms with Crippen molar-refractivity contribution in [2.45, 2.75) is 52.1 Å². The fourth-order valence-electron chi connectivity index (χ4n) is 4.21. The lowest BCUT2D eigenvalue weighted by atomic mass is 9.99. The van der Waals surface area contributed by atoms with Crippen LogP contribution < -0.4 is 15.5 Å². The van der Waals surface area contributed by atoms with Gasteiger partial charge in [0, 0.05) is 51.4 Å². The topological polar surface area (TPSA) is 83.3 Å². The molecule has 2 aromatic heterocycles. The lowest BCUT2D eigenvalue weighted by Crippen LogP contribution is -2.49. The molecule has 0 amide bonds. The van der Waals surface area contributed by atoms with Crippen LogP contribution in [0.25, 0.3) is 0 Å². The van der Waals surface area contributed by atoms with Gasteiger partial charge in [-0.15, -0.1) is 10.2 Å². The van der Waals surface area contributed by atoms with Gasteiger partial charge in [-0.3, -0.25) is 4.99 Å². The van der Waals surface area contributed by atoms with Crippen LogP contribution >= 0.6 is 0 Å². The van der Waals surface area contributed by atoms with Crippen LogP contribution in [0.2, 0.25) is 0 Å². The lowest BCUT2D eigenvalue weighted by Gasteiger charge is -2.34. The van der Waals surface area contributed by atoms with Crippen molar-refractivity contribution in [2.75, 3.05) is 31.1 Å². The highest BCUT2D eigenvalue weighted by atomic mass is 15.3. The second kappa shape index (κ2) is 9.24. The van der Waals surface area contributed by atoms with Crippen LogP contribution in [0, 0.1) is 12.8 Å². The third kappa shape index (κ3) is 4.86. The molecule has 8 heteroatoms. The van der Waals surface area contributed by atoms with Crippen LogP contribution in [0.4, 0.5) is 5.82 Å². The van der Waals surface area contributed by atoms with E-state index in [9.17, 15) is 0 Å². The number of aromatic nitrogens is 4. The fourth-order valence-corrected chi connectivity index (χ4v) is 4.21. The van der Waals surface area contributed by atoms with Gasteiger partial charge in [0.15, 0.2) is 5.96 Å². The molecule has 0 aliphatic carbocycles. The predicted molar refractivity (Wildman–Crippen MR) is 115 cm³/mol. The Hall–Kier alpha value is -2.64. The molecule has 29 heavy (non-hydrogen) atoms. The molecule has 0 aromatic carbocycles. The van der Waals surface area contributed by atoms with E-state index in [4.69, 9.17) is 4.99 Å². The summed E-state index contributed by atoms with van der Waals surface area (Å²) in [6.45, 7) is 8.87. The van der Waals surface area contributed by atoms with Crippen LogP contribution in [-0.2, 0) is 13.0 Å². The maximum Gasteiger partial charge on any atom is 0.191 e. The molecule has 2 aliphatic rings. The van der Waals surface area contributed by atoms with E-state index in [0.29, 0.717) is 12.0 Å². The van der Waals surface area contributed by atoms with E-state index >= 15 is 0 Å². The number of piperidine rings is 1. The summed E-state index contributed by atoms with van der Waals surface area (Å²) in [4.78, 5) is 11.8. The highest BCUT2D eigenvalue weighted by Gasteiger charge is 2.23. The van der Waals surface area contributed by atoms with Crippen LogP contribution in [0.5, 0.6) is 0 Å². The zero-order valence-corrected chi connectivity index (χ0v) is 17.5. The number of rotatable bonds is 5. The fraction of sp³-hybridized carbons (Fsp3) is 0.619. The number of pyridine rings is 1. The highest BCUT2D eigenvalue weighted by Crippen LogP contribution is 2.20. The smallest absolute Gasteiger partial charge is 0.191 e. The van der Waals surface area contributed by atoms with Gasteiger partial charge < -0.3 is 20.1 Å². The van der Waals surface area contributed by atoms with E-state index < -0.39 is 0 Å². The van der Waals surface area contributed by atoms with Crippen molar-refractivity contribution in [3.8, 4) is 0 Å². The second-order valence-electron chi connectivity index (χ2n) is 7.99. The minimum atomic E-state index is 0.450. The van der Waals surface area contributed by atoms with E-state index in [-0.39, 0.29) is 0 Å². The van der Waals surface area contributed by atoms with Crippen LogP contribution in [0.15, 0.2) is 29.4 Å². The number of nitrogens with zero attached hydrogens (tertiary/aromatic N) is 6. The summed E-state index contributed by atoms with van der Waals surface area (Å²) in [5, 5.41) is 15.5. The zero-order valence-electron chi connectivity index (χ0n) is 17.5. The summed E-state index contributed by atoms with van der Waals surface area (Å²) in [7, 11) is 0. The predicted octanol–water partition coefficient (Wildman–Crippen LogP) is 1.77. The number of nitrogens with one attached hydrogen (secondary N) is 2. The summed E-state index contributed by atoms with van der Waals surface area (Å²) >= 11 is 0. The summed E-state index contributed by atoms with van der Waals surface area (Å²) in [6.07, 6.45) is 6.17. The van der Waals surface area contributed by atoms with Gasteiger partial charge in [-0.1, -0.05) is 6.07 Å². The molecule has 4 heterocycles. The Balaban J connectivity index is 1.30. The third-order valence-corrected chi connectivity index (χ3v) is 5.89. The number of hydrogen-bond donors (Lipinski definition) is 2.